The summed E-state index contributed by atoms with van der Waals surface area (Å²) in [5.74, 6) is 0. The van der Waals surface area contributed by atoms with Crippen LogP contribution in [0.2, 0.25) is 0 Å². The molecule has 1 unspecified atom stereocenters. The van der Waals surface area contributed by atoms with Crippen molar-refractivity contribution in [2.24, 2.45) is 0 Å². The summed E-state index contributed by atoms with van der Waals surface area (Å²) in [6.07, 6.45) is 4.30. The summed E-state index contributed by atoms with van der Waals surface area (Å²) < 4.78 is 0. The minimum Gasteiger partial charge on any atom is -0.372 e. The van der Waals surface area contributed by atoms with E-state index in [0.717, 1.165) is 6.54 Å². The Kier molecular flexibility index (Phi) is 3.86. The minimum absolute atomic E-state index is 0.192. The molecule has 0 radical (unpaired) electrons. The van der Waals surface area contributed by atoms with E-state index < -0.39 is 0 Å². The standard InChI is InChI=1S/C16H16N2S/c1-2-7-13(8-3-1)19-15-10-5-4-9-14(15)16-17-11-6-12-18-16/h1-11,16-18H,12H2. The van der Waals surface area contributed by atoms with E-state index in [-0.39, 0.29) is 6.17 Å². The Hall–Kier alpha value is -1.71. The third-order valence-corrected chi connectivity index (χ3v) is 4.12. The predicted octanol–water partition coefficient (Wildman–Crippen LogP) is 3.54. The van der Waals surface area contributed by atoms with Crippen molar-refractivity contribution < 1.29 is 0 Å². The van der Waals surface area contributed by atoms with Gasteiger partial charge < -0.3 is 5.32 Å². The van der Waals surface area contributed by atoms with Crippen LogP contribution in [0.15, 0.2) is 76.7 Å². The summed E-state index contributed by atoms with van der Waals surface area (Å²) >= 11 is 1.80. The highest BCUT2D eigenvalue weighted by Crippen LogP contribution is 2.32. The summed E-state index contributed by atoms with van der Waals surface area (Å²) in [7, 11) is 0. The molecular weight excluding hydrogens is 252 g/mol. The Morgan fingerprint density at radius 2 is 1.74 bits per heavy atom. The van der Waals surface area contributed by atoms with Gasteiger partial charge in [0.1, 0.15) is 6.17 Å². The highest BCUT2D eigenvalue weighted by Gasteiger charge is 2.14. The molecule has 0 aliphatic carbocycles. The average Bonchev–Trinajstić information content (AvgIpc) is 2.50. The molecule has 0 amide bonds. The number of hydrogen-bond donors (Lipinski definition) is 2. The van der Waals surface area contributed by atoms with E-state index in [1.54, 1.807) is 11.8 Å². The second-order valence-electron chi connectivity index (χ2n) is 4.36. The van der Waals surface area contributed by atoms with Gasteiger partial charge in [-0.15, -0.1) is 0 Å². The zero-order chi connectivity index (χ0) is 12.9. The largest absolute Gasteiger partial charge is 0.372 e. The van der Waals surface area contributed by atoms with Crippen LogP contribution in [-0.2, 0) is 0 Å². The van der Waals surface area contributed by atoms with E-state index in [1.807, 2.05) is 12.3 Å². The molecule has 96 valence electrons. The fraction of sp³-hybridized carbons (Fsp3) is 0.125. The third kappa shape index (κ3) is 3.00. The van der Waals surface area contributed by atoms with Gasteiger partial charge in [0, 0.05) is 21.9 Å². The molecule has 0 fully saturated rings. The fourth-order valence-corrected chi connectivity index (χ4v) is 3.09. The first kappa shape index (κ1) is 12.3. The predicted molar refractivity (Wildman–Crippen MR) is 80.0 cm³/mol. The van der Waals surface area contributed by atoms with Crippen molar-refractivity contribution in [3.8, 4) is 0 Å². The number of benzene rings is 2. The smallest absolute Gasteiger partial charge is 0.104 e. The minimum atomic E-state index is 0.192. The number of nitrogens with one attached hydrogen (secondary N) is 2. The lowest BCUT2D eigenvalue weighted by molar-refractivity contribution is 0.491. The Bertz CT molecular complexity index is 566. The molecule has 0 spiro atoms. The highest BCUT2D eigenvalue weighted by molar-refractivity contribution is 7.99. The van der Waals surface area contributed by atoms with Gasteiger partial charge in [0.15, 0.2) is 0 Å². The van der Waals surface area contributed by atoms with Crippen molar-refractivity contribution in [1.29, 1.82) is 0 Å². The highest BCUT2D eigenvalue weighted by atomic mass is 32.2. The molecule has 3 heteroatoms. The molecule has 1 heterocycles. The summed E-state index contributed by atoms with van der Waals surface area (Å²) in [6, 6.07) is 19.0. The molecule has 1 atom stereocenters. The van der Waals surface area contributed by atoms with Gasteiger partial charge in [-0.2, -0.15) is 0 Å². The third-order valence-electron chi connectivity index (χ3n) is 3.02. The van der Waals surface area contributed by atoms with Crippen molar-refractivity contribution in [1.82, 2.24) is 10.6 Å². The molecule has 2 nitrogen and oxygen atoms in total. The van der Waals surface area contributed by atoms with E-state index in [4.69, 9.17) is 0 Å². The fourth-order valence-electron chi connectivity index (χ4n) is 2.10. The van der Waals surface area contributed by atoms with Crippen LogP contribution in [0.25, 0.3) is 0 Å². The van der Waals surface area contributed by atoms with Crippen LogP contribution in [0, 0.1) is 0 Å². The first-order chi connectivity index (χ1) is 9.43. The lowest BCUT2D eigenvalue weighted by Gasteiger charge is -2.24. The normalized spacial score (nSPS) is 18.0. The van der Waals surface area contributed by atoms with Gasteiger partial charge in [-0.05, 0) is 24.4 Å². The number of rotatable bonds is 3. The molecule has 1 aliphatic heterocycles. The van der Waals surface area contributed by atoms with Crippen LogP contribution in [-0.4, -0.2) is 6.54 Å². The van der Waals surface area contributed by atoms with E-state index in [1.165, 1.54) is 15.4 Å². The summed E-state index contributed by atoms with van der Waals surface area (Å²) in [6.45, 7) is 0.905. The van der Waals surface area contributed by atoms with Crippen molar-refractivity contribution in [3.05, 3.63) is 72.4 Å². The van der Waals surface area contributed by atoms with Crippen molar-refractivity contribution in [3.63, 3.8) is 0 Å². The van der Waals surface area contributed by atoms with Crippen LogP contribution in [0.3, 0.4) is 0 Å². The quantitative estimate of drug-likeness (QED) is 0.890. The molecule has 2 N–H and O–H groups in total. The molecule has 0 bridgehead atoms. The SMILES string of the molecule is C1=CNC(c2ccccc2Sc2ccccc2)NC1. The topological polar surface area (TPSA) is 24.1 Å². The van der Waals surface area contributed by atoms with Crippen LogP contribution in [0.5, 0.6) is 0 Å². The Morgan fingerprint density at radius 1 is 0.947 bits per heavy atom. The van der Waals surface area contributed by atoms with Gasteiger partial charge in [0.05, 0.1) is 0 Å². The van der Waals surface area contributed by atoms with Gasteiger partial charge in [0.2, 0.25) is 0 Å². The van der Waals surface area contributed by atoms with Crippen LogP contribution < -0.4 is 10.6 Å². The maximum Gasteiger partial charge on any atom is 0.104 e. The van der Waals surface area contributed by atoms with Crippen molar-refractivity contribution in [2.75, 3.05) is 6.54 Å². The average molecular weight is 268 g/mol. The second kappa shape index (κ2) is 5.95. The molecule has 2 aromatic rings. The van der Waals surface area contributed by atoms with Gasteiger partial charge in [-0.1, -0.05) is 54.2 Å². The maximum absolute atomic E-state index is 3.45. The molecule has 0 aromatic heterocycles. The van der Waals surface area contributed by atoms with Crippen molar-refractivity contribution >= 4 is 11.8 Å². The van der Waals surface area contributed by atoms with Crippen LogP contribution >= 0.6 is 11.8 Å². The molecule has 2 aromatic carbocycles. The van der Waals surface area contributed by atoms with E-state index in [2.05, 4.69) is 65.2 Å². The molecular formula is C16H16N2S. The molecule has 0 saturated heterocycles. The molecule has 19 heavy (non-hydrogen) atoms. The van der Waals surface area contributed by atoms with E-state index in [0.29, 0.717) is 0 Å². The van der Waals surface area contributed by atoms with Crippen molar-refractivity contribution in [2.45, 2.75) is 16.0 Å². The first-order valence-corrected chi connectivity index (χ1v) is 7.21. The number of hydrogen-bond acceptors (Lipinski definition) is 3. The van der Waals surface area contributed by atoms with Gasteiger partial charge >= 0.3 is 0 Å². The van der Waals surface area contributed by atoms with Gasteiger partial charge in [-0.25, -0.2) is 0 Å². The lowest BCUT2D eigenvalue weighted by atomic mass is 10.1. The van der Waals surface area contributed by atoms with Crippen LogP contribution in [0.1, 0.15) is 11.7 Å². The first-order valence-electron chi connectivity index (χ1n) is 6.40. The summed E-state index contributed by atoms with van der Waals surface area (Å²) in [5, 5.41) is 6.81. The summed E-state index contributed by atoms with van der Waals surface area (Å²) in [5.41, 5.74) is 1.29. The lowest BCUT2D eigenvalue weighted by Crippen LogP contribution is -2.35. The molecule has 1 aliphatic rings. The van der Waals surface area contributed by atoms with Gasteiger partial charge in [0.25, 0.3) is 0 Å². The van der Waals surface area contributed by atoms with Crippen LogP contribution in [0.4, 0.5) is 0 Å². The zero-order valence-corrected chi connectivity index (χ0v) is 11.4. The Labute approximate surface area is 117 Å². The second-order valence-corrected chi connectivity index (χ2v) is 5.48. The Morgan fingerprint density at radius 3 is 2.53 bits per heavy atom. The van der Waals surface area contributed by atoms with E-state index >= 15 is 0 Å². The van der Waals surface area contributed by atoms with Gasteiger partial charge in [-0.3, -0.25) is 5.32 Å². The van der Waals surface area contributed by atoms with E-state index in [9.17, 15) is 0 Å². The maximum atomic E-state index is 3.45. The molecule has 0 saturated carbocycles. The summed E-state index contributed by atoms with van der Waals surface area (Å²) in [4.78, 5) is 2.55. The zero-order valence-electron chi connectivity index (χ0n) is 10.5. The Balaban J connectivity index is 1.87. The monoisotopic (exact) mass is 268 g/mol. The molecule has 3 rings (SSSR count).